The van der Waals surface area contributed by atoms with Crippen molar-refractivity contribution in [3.63, 3.8) is 0 Å². The molecule has 0 spiro atoms. The molecule has 0 unspecified atom stereocenters. The Kier molecular flexibility index (Phi) is 8.46. The van der Waals surface area contributed by atoms with E-state index in [1.807, 2.05) is 97.1 Å². The van der Waals surface area contributed by atoms with Gasteiger partial charge in [0.1, 0.15) is 12.4 Å². The summed E-state index contributed by atoms with van der Waals surface area (Å²) in [4.78, 5) is 31.1. The minimum atomic E-state index is -0.102. The Morgan fingerprint density at radius 1 is 0.737 bits per heavy atom. The zero-order valence-electron chi connectivity index (χ0n) is 21.7. The highest BCUT2D eigenvalue weighted by Crippen LogP contribution is 2.24. The monoisotopic (exact) mass is 506 g/mol. The standard InChI is InChI=1S/C33H34N2O3/c36-32-29(22-26-10-4-1-5-11-26)24-35(25-30(32)23-27-12-6-2-7-13-27)33(37)28-14-16-31(17-15-28)38-21-20-34-18-8-3-9-19-34/h1-2,4-7,10-17,22-23H,3,8-9,18-21,24-25H2/b29-22-,30-23+. The molecule has 3 aromatic rings. The van der Waals surface area contributed by atoms with Crippen LogP contribution in [0.3, 0.4) is 0 Å². The first-order valence-corrected chi connectivity index (χ1v) is 13.5. The Morgan fingerprint density at radius 3 is 1.84 bits per heavy atom. The number of rotatable bonds is 7. The average molecular weight is 507 g/mol. The molecule has 5 rings (SSSR count). The predicted octanol–water partition coefficient (Wildman–Crippen LogP) is 5.74. The molecule has 0 aromatic heterocycles. The number of piperidine rings is 2. The van der Waals surface area contributed by atoms with Crippen LogP contribution in [-0.4, -0.2) is 60.8 Å². The summed E-state index contributed by atoms with van der Waals surface area (Å²) in [5.74, 6) is 0.649. The van der Waals surface area contributed by atoms with E-state index >= 15 is 0 Å². The summed E-state index contributed by atoms with van der Waals surface area (Å²) < 4.78 is 5.94. The van der Waals surface area contributed by atoms with E-state index in [-0.39, 0.29) is 24.8 Å². The van der Waals surface area contributed by atoms with E-state index in [1.165, 1.54) is 19.3 Å². The lowest BCUT2D eigenvalue weighted by atomic mass is 9.93. The first kappa shape index (κ1) is 25.7. The number of amides is 1. The highest BCUT2D eigenvalue weighted by atomic mass is 16.5. The number of nitrogens with zero attached hydrogens (tertiary/aromatic N) is 2. The van der Waals surface area contributed by atoms with Gasteiger partial charge >= 0.3 is 0 Å². The summed E-state index contributed by atoms with van der Waals surface area (Å²) in [5.41, 5.74) is 3.68. The van der Waals surface area contributed by atoms with Gasteiger partial charge in [0.25, 0.3) is 5.91 Å². The SMILES string of the molecule is O=C1/C(=C\c2ccccc2)CN(C(=O)c2ccc(OCCN3CCCCC3)cc2)C/C1=C\c1ccccc1. The molecule has 0 atom stereocenters. The number of likely N-dealkylation sites (tertiary alicyclic amines) is 2. The minimum absolute atomic E-state index is 0.0146. The zero-order valence-corrected chi connectivity index (χ0v) is 21.7. The lowest BCUT2D eigenvalue weighted by molar-refractivity contribution is -0.113. The summed E-state index contributed by atoms with van der Waals surface area (Å²) in [5, 5.41) is 0. The lowest BCUT2D eigenvalue weighted by Gasteiger charge is -2.30. The number of ether oxygens (including phenoxy) is 1. The minimum Gasteiger partial charge on any atom is -0.492 e. The maximum absolute atomic E-state index is 13.5. The normalized spacial score (nSPS) is 18.6. The molecule has 0 radical (unpaired) electrons. The maximum Gasteiger partial charge on any atom is 0.254 e. The highest BCUT2D eigenvalue weighted by Gasteiger charge is 2.29. The molecule has 1 amide bonds. The van der Waals surface area contributed by atoms with Crippen LogP contribution in [0.4, 0.5) is 0 Å². The van der Waals surface area contributed by atoms with Gasteiger partial charge in [0.05, 0.1) is 13.1 Å². The third-order valence-electron chi connectivity index (χ3n) is 7.10. The molecular formula is C33H34N2O3. The summed E-state index contributed by atoms with van der Waals surface area (Å²) in [6.45, 7) is 4.41. The maximum atomic E-state index is 13.5. The molecule has 0 aliphatic carbocycles. The fourth-order valence-electron chi connectivity index (χ4n) is 5.04. The number of ketones is 1. The molecule has 2 aliphatic heterocycles. The van der Waals surface area contributed by atoms with Gasteiger partial charge in [-0.1, -0.05) is 67.1 Å². The third kappa shape index (κ3) is 6.67. The van der Waals surface area contributed by atoms with E-state index in [4.69, 9.17) is 4.74 Å². The number of benzene rings is 3. The predicted molar refractivity (Wildman–Crippen MR) is 152 cm³/mol. The van der Waals surface area contributed by atoms with E-state index in [9.17, 15) is 9.59 Å². The van der Waals surface area contributed by atoms with Gasteiger partial charge < -0.3 is 9.64 Å². The van der Waals surface area contributed by atoms with E-state index in [0.717, 1.165) is 36.5 Å². The van der Waals surface area contributed by atoms with Crippen molar-refractivity contribution in [3.8, 4) is 5.75 Å². The van der Waals surface area contributed by atoms with Gasteiger partial charge in [-0.3, -0.25) is 14.5 Å². The van der Waals surface area contributed by atoms with E-state index in [2.05, 4.69) is 4.90 Å². The van der Waals surface area contributed by atoms with Crippen LogP contribution in [-0.2, 0) is 4.79 Å². The molecule has 2 heterocycles. The number of Topliss-reactive ketones (excluding diaryl/α,β-unsaturated/α-hetero) is 1. The average Bonchev–Trinajstić information content (AvgIpc) is 2.97. The van der Waals surface area contributed by atoms with Crippen LogP contribution in [0, 0.1) is 0 Å². The molecule has 2 fully saturated rings. The van der Waals surface area contributed by atoms with Gasteiger partial charge in [0.15, 0.2) is 5.78 Å². The van der Waals surface area contributed by atoms with Crippen LogP contribution in [0.1, 0.15) is 40.7 Å². The number of hydrogen-bond acceptors (Lipinski definition) is 4. The summed E-state index contributed by atoms with van der Waals surface area (Å²) in [7, 11) is 0. The van der Waals surface area contributed by atoms with Crippen molar-refractivity contribution in [2.45, 2.75) is 19.3 Å². The van der Waals surface area contributed by atoms with Crippen LogP contribution >= 0.6 is 0 Å². The van der Waals surface area contributed by atoms with Gasteiger partial charge in [0.2, 0.25) is 0 Å². The van der Waals surface area contributed by atoms with Gasteiger partial charge in [-0.15, -0.1) is 0 Å². The second-order valence-corrected chi connectivity index (χ2v) is 9.93. The van der Waals surface area contributed by atoms with Crippen molar-refractivity contribution < 1.29 is 14.3 Å². The van der Waals surface area contributed by atoms with Gasteiger partial charge in [-0.2, -0.15) is 0 Å². The van der Waals surface area contributed by atoms with Crippen LogP contribution in [0.5, 0.6) is 5.75 Å². The van der Waals surface area contributed by atoms with Crippen molar-refractivity contribution in [3.05, 3.63) is 113 Å². The first-order valence-electron chi connectivity index (χ1n) is 13.5. The van der Waals surface area contributed by atoms with E-state index in [1.54, 1.807) is 4.90 Å². The van der Waals surface area contributed by atoms with Crippen molar-refractivity contribution in [1.29, 1.82) is 0 Å². The second-order valence-electron chi connectivity index (χ2n) is 9.93. The molecule has 2 saturated heterocycles. The molecule has 0 saturated carbocycles. The quantitative estimate of drug-likeness (QED) is 0.383. The van der Waals surface area contributed by atoms with Crippen molar-refractivity contribution in [2.75, 3.05) is 39.3 Å². The Labute approximate surface area is 225 Å². The van der Waals surface area contributed by atoms with Gasteiger partial charge in [-0.25, -0.2) is 0 Å². The van der Waals surface area contributed by atoms with Crippen LogP contribution in [0.25, 0.3) is 12.2 Å². The largest absolute Gasteiger partial charge is 0.492 e. The van der Waals surface area contributed by atoms with Crippen molar-refractivity contribution >= 4 is 23.8 Å². The second kappa shape index (κ2) is 12.5. The Morgan fingerprint density at radius 2 is 1.29 bits per heavy atom. The number of hydrogen-bond donors (Lipinski definition) is 0. The molecule has 5 heteroatoms. The molecule has 5 nitrogen and oxygen atoms in total. The van der Waals surface area contributed by atoms with Gasteiger partial charge in [0, 0.05) is 23.3 Å². The summed E-state index contributed by atoms with van der Waals surface area (Å²) in [6, 6.07) is 26.9. The van der Waals surface area contributed by atoms with E-state index in [0.29, 0.717) is 23.3 Å². The van der Waals surface area contributed by atoms with Crippen LogP contribution in [0.2, 0.25) is 0 Å². The first-order chi connectivity index (χ1) is 18.7. The van der Waals surface area contributed by atoms with Crippen molar-refractivity contribution in [1.82, 2.24) is 9.80 Å². The fraction of sp³-hybridized carbons (Fsp3) is 0.273. The molecule has 2 aliphatic rings. The molecule has 3 aromatic carbocycles. The van der Waals surface area contributed by atoms with Crippen molar-refractivity contribution in [2.24, 2.45) is 0 Å². The summed E-state index contributed by atoms with van der Waals surface area (Å²) in [6.07, 6.45) is 7.64. The number of carbonyl (C=O) groups is 2. The molecule has 0 bridgehead atoms. The number of carbonyl (C=O) groups excluding carboxylic acids is 2. The smallest absolute Gasteiger partial charge is 0.254 e. The van der Waals surface area contributed by atoms with E-state index < -0.39 is 0 Å². The molecular weight excluding hydrogens is 472 g/mol. The highest BCUT2D eigenvalue weighted by molar-refractivity contribution is 6.15. The Balaban J connectivity index is 1.31. The topological polar surface area (TPSA) is 49.9 Å². The lowest BCUT2D eigenvalue weighted by Crippen LogP contribution is -2.41. The third-order valence-corrected chi connectivity index (χ3v) is 7.10. The molecule has 0 N–H and O–H groups in total. The Bertz CT molecular complexity index is 1230. The van der Waals surface area contributed by atoms with Crippen LogP contribution < -0.4 is 4.74 Å². The zero-order chi connectivity index (χ0) is 26.2. The van der Waals surface area contributed by atoms with Crippen LogP contribution in [0.15, 0.2) is 96.1 Å². The molecule has 194 valence electrons. The Hall–Kier alpha value is -3.96. The van der Waals surface area contributed by atoms with Gasteiger partial charge in [-0.05, 0) is 73.5 Å². The summed E-state index contributed by atoms with van der Waals surface area (Å²) >= 11 is 0. The fourth-order valence-corrected chi connectivity index (χ4v) is 5.04. The molecule has 38 heavy (non-hydrogen) atoms.